The first kappa shape index (κ1) is 43.6. The Balaban J connectivity index is 1.48. The molecule has 9 nitrogen and oxygen atoms in total. The molecule has 0 saturated carbocycles. The second kappa shape index (κ2) is 15.7. The summed E-state index contributed by atoms with van der Waals surface area (Å²) in [6, 6.07) is 9.51. The lowest BCUT2D eigenvalue weighted by atomic mass is 10.0. The Labute approximate surface area is 358 Å². The Bertz CT molecular complexity index is 2440. The second-order valence-corrected chi connectivity index (χ2v) is 26.8. The molecule has 16 heteroatoms. The van der Waals surface area contributed by atoms with Crippen molar-refractivity contribution in [2.75, 3.05) is 23.7 Å². The van der Waals surface area contributed by atoms with Crippen molar-refractivity contribution in [1.29, 1.82) is 0 Å². The Hall–Kier alpha value is -3.53. The molecule has 5 aromatic rings. The van der Waals surface area contributed by atoms with E-state index in [9.17, 15) is 9.59 Å². The second-order valence-electron chi connectivity index (χ2n) is 18.1. The van der Waals surface area contributed by atoms with Crippen LogP contribution in [0.25, 0.3) is 32.4 Å². The van der Waals surface area contributed by atoms with Crippen LogP contribution in [0.15, 0.2) is 52.4 Å². The number of thioether (sulfide) groups is 1. The molecule has 5 heterocycles. The number of carbonyl (C=O) groups excluding carboxylic acids is 1. The number of fused-ring (bicyclic) bond motifs is 1. The van der Waals surface area contributed by atoms with Crippen molar-refractivity contribution in [2.45, 2.75) is 134 Å². The maximum Gasteiger partial charge on any atom is 0.417 e. The fraction of sp³-hybridized carbons (Fsp3) is 0.535. The van der Waals surface area contributed by atoms with E-state index in [0.29, 0.717) is 26.1 Å². The van der Waals surface area contributed by atoms with Crippen molar-refractivity contribution in [3.8, 4) is 10.4 Å². The van der Waals surface area contributed by atoms with Crippen molar-refractivity contribution in [2.24, 2.45) is 0 Å². The number of ether oxygens (including phenoxy) is 1. The molecule has 1 amide bonds. The summed E-state index contributed by atoms with van der Waals surface area (Å²) in [4.78, 5) is 41.4. The lowest BCUT2D eigenvalue weighted by Crippen LogP contribution is -2.59. The standard InChI is InChI=1S/C43H54ClF3N6O3S2Si/c1-23(2)59(24(3)4,25(5)6)39-31(44)17-34(58-39)35-30(43(45,46)47)16-29-36-37(35)57-21-28(52-22-48-32-14-12-13-15-33(32)52)20-51(36)40(54)49-38(29)50-18-26(7)53(27(8)19-50)41(55)56-42(9,10)11/h12-17,22-28H,18-21H2,1-11H3/t26-,27+,28-/m0/s1. The topological polar surface area (TPSA) is 85.5 Å². The molecule has 0 spiro atoms. The molecule has 1 saturated heterocycles. The summed E-state index contributed by atoms with van der Waals surface area (Å²) in [6.45, 7) is 23.1. The SMILES string of the molecule is CC(C)[Si](c1sc(-c2c(C(F)(F)F)cc3c(N4C[C@@H](C)N(C(=O)OC(C)(C)C)[C@@H](C)C4)nc(=O)n4c3c2SC[C@@H](n2cnc3ccccc32)C4)cc1Cl)(C(C)C)C(C)C. The fourth-order valence-electron chi connectivity index (χ4n) is 10.0. The highest BCUT2D eigenvalue weighted by molar-refractivity contribution is 7.99. The van der Waals surface area contributed by atoms with Crippen molar-refractivity contribution in [3.63, 3.8) is 0 Å². The van der Waals surface area contributed by atoms with Gasteiger partial charge in [0.25, 0.3) is 0 Å². The highest BCUT2D eigenvalue weighted by Gasteiger charge is 2.48. The van der Waals surface area contributed by atoms with Crippen molar-refractivity contribution in [1.82, 2.24) is 24.0 Å². The predicted molar refractivity (Wildman–Crippen MR) is 239 cm³/mol. The smallest absolute Gasteiger partial charge is 0.417 e. The Kier molecular flexibility index (Phi) is 11.6. The van der Waals surface area contributed by atoms with Gasteiger partial charge in [-0.25, -0.2) is 14.6 Å². The predicted octanol–water partition coefficient (Wildman–Crippen LogP) is 11.2. The number of hydrogen-bond acceptors (Lipinski definition) is 8. The fourth-order valence-corrected chi connectivity index (χ4v) is 22.3. The number of anilines is 1. The summed E-state index contributed by atoms with van der Waals surface area (Å²) in [6.07, 6.45) is -3.49. The van der Waals surface area contributed by atoms with E-state index in [4.69, 9.17) is 16.3 Å². The number of piperazine rings is 1. The first-order valence-electron chi connectivity index (χ1n) is 20.4. The summed E-state index contributed by atoms with van der Waals surface area (Å²) in [5, 5.41) is 0.746. The molecule has 0 bridgehead atoms. The van der Waals surface area contributed by atoms with Gasteiger partial charge in [0.05, 0.1) is 51.6 Å². The van der Waals surface area contributed by atoms with Gasteiger partial charge >= 0.3 is 18.0 Å². The quantitative estimate of drug-likeness (QED) is 0.150. The van der Waals surface area contributed by atoms with Gasteiger partial charge < -0.3 is 14.2 Å². The van der Waals surface area contributed by atoms with Crippen molar-refractivity contribution in [3.05, 3.63) is 63.8 Å². The molecule has 0 N–H and O–H groups in total. The van der Waals surface area contributed by atoms with Crippen LogP contribution in [0, 0.1) is 0 Å². The Morgan fingerprint density at radius 2 is 1.59 bits per heavy atom. The van der Waals surface area contributed by atoms with Gasteiger partial charge in [-0.2, -0.15) is 18.2 Å². The van der Waals surface area contributed by atoms with Crippen molar-refractivity contribution >= 4 is 81.1 Å². The molecular weight excluding hydrogens is 833 g/mol. The number of imidazole rings is 1. The number of amides is 1. The highest BCUT2D eigenvalue weighted by atomic mass is 35.5. The zero-order valence-corrected chi connectivity index (χ0v) is 39.0. The normalized spacial score (nSPS) is 19.5. The van der Waals surface area contributed by atoms with E-state index in [0.717, 1.165) is 15.5 Å². The van der Waals surface area contributed by atoms with Crippen LogP contribution in [0.3, 0.4) is 0 Å². The van der Waals surface area contributed by atoms with Gasteiger partial charge in [0.2, 0.25) is 0 Å². The lowest BCUT2D eigenvalue weighted by Gasteiger charge is -2.45. The van der Waals surface area contributed by atoms with Gasteiger partial charge in [0.15, 0.2) is 0 Å². The van der Waals surface area contributed by atoms with Gasteiger partial charge in [0.1, 0.15) is 19.5 Å². The number of carbonyl (C=O) groups is 1. The number of alkyl halides is 3. The number of thiophene rings is 1. The number of halogens is 4. The monoisotopic (exact) mass is 886 g/mol. The van der Waals surface area contributed by atoms with E-state index in [-0.39, 0.29) is 59.1 Å². The Morgan fingerprint density at radius 1 is 0.966 bits per heavy atom. The maximum absolute atomic E-state index is 15.8. The number of rotatable bonds is 7. The van der Waals surface area contributed by atoms with Gasteiger partial charge in [-0.1, -0.05) is 65.3 Å². The van der Waals surface area contributed by atoms with Gasteiger partial charge in [-0.3, -0.25) is 9.47 Å². The van der Waals surface area contributed by atoms with Gasteiger partial charge in [-0.15, -0.1) is 23.1 Å². The molecular formula is C43H54ClF3N6O3S2Si. The molecule has 2 aliphatic heterocycles. The summed E-state index contributed by atoms with van der Waals surface area (Å²) in [5.74, 6) is 0.544. The minimum Gasteiger partial charge on any atom is -0.444 e. The number of aromatic nitrogens is 4. The molecule has 3 aromatic heterocycles. The average Bonchev–Trinajstić information content (AvgIpc) is 3.65. The summed E-state index contributed by atoms with van der Waals surface area (Å²) >= 11 is 9.93. The molecule has 1 fully saturated rings. The third-order valence-electron chi connectivity index (χ3n) is 12.2. The van der Waals surface area contributed by atoms with E-state index in [1.54, 1.807) is 42.6 Å². The van der Waals surface area contributed by atoms with E-state index >= 15 is 13.2 Å². The van der Waals surface area contributed by atoms with Gasteiger partial charge in [-0.05, 0) is 75.5 Å². The third kappa shape index (κ3) is 7.60. The van der Waals surface area contributed by atoms with E-state index < -0.39 is 49.3 Å². The van der Waals surface area contributed by atoms with Crippen LogP contribution in [-0.4, -0.2) is 74.7 Å². The minimum atomic E-state index is -4.76. The van der Waals surface area contributed by atoms with Gasteiger partial charge in [0, 0.05) is 50.6 Å². The summed E-state index contributed by atoms with van der Waals surface area (Å²) < 4.78 is 57.9. The van der Waals surface area contributed by atoms with Crippen molar-refractivity contribution < 1.29 is 22.7 Å². The highest BCUT2D eigenvalue weighted by Crippen LogP contribution is 2.52. The first-order chi connectivity index (χ1) is 27.6. The first-order valence-corrected chi connectivity index (χ1v) is 24.8. The molecule has 2 aromatic carbocycles. The minimum absolute atomic E-state index is 0.0465. The van der Waals surface area contributed by atoms with Crippen LogP contribution in [0.4, 0.5) is 23.8 Å². The van der Waals surface area contributed by atoms with Crippen LogP contribution in [0.5, 0.6) is 0 Å². The number of para-hydroxylation sites is 2. The lowest BCUT2D eigenvalue weighted by molar-refractivity contribution is -0.137. The zero-order valence-electron chi connectivity index (χ0n) is 35.6. The zero-order chi connectivity index (χ0) is 43.1. The summed E-state index contributed by atoms with van der Waals surface area (Å²) in [5.41, 5.74) is 0.909. The largest absolute Gasteiger partial charge is 0.444 e. The van der Waals surface area contributed by atoms with Crippen LogP contribution >= 0.6 is 34.7 Å². The van der Waals surface area contributed by atoms with Crippen LogP contribution in [-0.2, 0) is 17.5 Å². The molecule has 2 aliphatic rings. The van der Waals surface area contributed by atoms with E-state index in [1.165, 1.54) is 29.2 Å². The molecule has 3 atom stereocenters. The van der Waals surface area contributed by atoms with E-state index in [2.05, 4.69) is 51.5 Å². The number of benzene rings is 2. The van der Waals surface area contributed by atoms with Crippen LogP contribution in [0.2, 0.25) is 21.6 Å². The molecule has 0 unspecified atom stereocenters. The molecule has 0 aliphatic carbocycles. The van der Waals surface area contributed by atoms with Crippen LogP contribution < -0.4 is 15.1 Å². The van der Waals surface area contributed by atoms with E-state index in [1.807, 2.05) is 47.6 Å². The molecule has 0 radical (unpaired) electrons. The molecule has 318 valence electrons. The number of hydrogen-bond donors (Lipinski definition) is 0. The maximum atomic E-state index is 15.8. The average molecular weight is 888 g/mol. The summed E-state index contributed by atoms with van der Waals surface area (Å²) in [7, 11) is -2.39. The molecule has 7 rings (SSSR count). The molecule has 59 heavy (non-hydrogen) atoms. The van der Waals surface area contributed by atoms with Crippen LogP contribution in [0.1, 0.15) is 87.8 Å². The third-order valence-corrected chi connectivity index (χ3v) is 23.1. The Morgan fingerprint density at radius 3 is 2.19 bits per heavy atom. The number of nitrogens with zero attached hydrogens (tertiary/aromatic N) is 6.